The fraction of sp³-hybridized carbons (Fsp3) is 0.250. The molecular weight excluding hydrogens is 492 g/mol. The molecule has 8 nitrogen and oxygen atoms in total. The molecule has 3 aromatic carbocycles. The lowest BCUT2D eigenvalue weighted by Crippen LogP contribution is -2.29. The van der Waals surface area contributed by atoms with Crippen LogP contribution < -0.4 is 20.1 Å². The van der Waals surface area contributed by atoms with Crippen LogP contribution in [0.25, 0.3) is 0 Å². The Balaban J connectivity index is 1.62. The van der Waals surface area contributed by atoms with Crippen molar-refractivity contribution in [2.24, 2.45) is 0 Å². The topological polar surface area (TPSA) is 103 Å². The van der Waals surface area contributed by atoms with Gasteiger partial charge in [-0.1, -0.05) is 24.3 Å². The molecule has 0 heterocycles. The molecule has 0 aliphatic heterocycles. The number of nitrogens with one attached hydrogen (secondary N) is 2. The van der Waals surface area contributed by atoms with Crippen molar-refractivity contribution in [1.29, 1.82) is 0 Å². The molecule has 194 valence electrons. The largest absolute Gasteiger partial charge is 0.497 e. The number of hydrogen-bond acceptors (Lipinski definition) is 7. The van der Waals surface area contributed by atoms with Gasteiger partial charge in [0.25, 0.3) is 11.8 Å². The third-order valence-electron chi connectivity index (χ3n) is 5.37. The van der Waals surface area contributed by atoms with Gasteiger partial charge in [0.05, 0.1) is 19.9 Å². The number of carbonyl (C=O) groups is 3. The van der Waals surface area contributed by atoms with Crippen LogP contribution in [0.2, 0.25) is 0 Å². The van der Waals surface area contributed by atoms with E-state index in [9.17, 15) is 14.4 Å². The maximum absolute atomic E-state index is 12.8. The van der Waals surface area contributed by atoms with Crippen LogP contribution in [0.5, 0.6) is 11.5 Å². The van der Waals surface area contributed by atoms with Gasteiger partial charge in [-0.15, -0.1) is 11.8 Å². The van der Waals surface area contributed by atoms with E-state index < -0.39 is 18.0 Å². The van der Waals surface area contributed by atoms with E-state index in [1.54, 1.807) is 32.4 Å². The van der Waals surface area contributed by atoms with Crippen molar-refractivity contribution in [3.8, 4) is 11.5 Å². The first-order valence-corrected chi connectivity index (χ1v) is 12.6. The van der Waals surface area contributed by atoms with E-state index in [-0.39, 0.29) is 5.91 Å². The number of esters is 1. The van der Waals surface area contributed by atoms with Gasteiger partial charge in [0.2, 0.25) is 0 Å². The van der Waals surface area contributed by atoms with E-state index >= 15 is 0 Å². The Morgan fingerprint density at radius 1 is 0.946 bits per heavy atom. The lowest BCUT2D eigenvalue weighted by Gasteiger charge is -2.15. The normalized spacial score (nSPS) is 11.2. The number of benzene rings is 3. The number of amides is 2. The Morgan fingerprint density at radius 3 is 2.46 bits per heavy atom. The van der Waals surface area contributed by atoms with Gasteiger partial charge < -0.3 is 24.8 Å². The zero-order valence-corrected chi connectivity index (χ0v) is 22.0. The minimum Gasteiger partial charge on any atom is -0.497 e. The first-order valence-electron chi connectivity index (χ1n) is 11.6. The molecule has 3 rings (SSSR count). The summed E-state index contributed by atoms with van der Waals surface area (Å²) in [4.78, 5) is 37.2. The Hall–Kier alpha value is -3.98. The third-order valence-corrected chi connectivity index (χ3v) is 6.52. The first-order chi connectivity index (χ1) is 17.8. The van der Waals surface area contributed by atoms with E-state index in [2.05, 4.69) is 10.6 Å². The highest BCUT2D eigenvalue weighted by Gasteiger charge is 2.17. The monoisotopic (exact) mass is 522 g/mol. The fourth-order valence-electron chi connectivity index (χ4n) is 3.47. The van der Waals surface area contributed by atoms with Crippen molar-refractivity contribution >= 4 is 35.2 Å². The van der Waals surface area contributed by atoms with Crippen molar-refractivity contribution in [3.63, 3.8) is 0 Å². The molecule has 0 aromatic heterocycles. The van der Waals surface area contributed by atoms with Gasteiger partial charge in [-0.25, -0.2) is 0 Å². The van der Waals surface area contributed by atoms with Crippen LogP contribution >= 0.6 is 11.8 Å². The summed E-state index contributed by atoms with van der Waals surface area (Å²) in [6.45, 7) is 3.09. The van der Waals surface area contributed by atoms with E-state index in [0.717, 1.165) is 16.0 Å². The fourth-order valence-corrected chi connectivity index (χ4v) is 4.42. The number of para-hydroxylation sites is 1. The van der Waals surface area contributed by atoms with Crippen LogP contribution in [0.3, 0.4) is 0 Å². The summed E-state index contributed by atoms with van der Waals surface area (Å²) in [5, 5.41) is 5.74. The number of thioether (sulfide) groups is 1. The SMILES string of the molecule is COc1ccc(CNC(=O)c2cccc(CSc3ccccc3NC(=O)C(C)OC(C)=O)c2)c(OC)c1. The smallest absolute Gasteiger partial charge is 0.303 e. The summed E-state index contributed by atoms with van der Waals surface area (Å²) in [5.41, 5.74) is 2.96. The van der Waals surface area contributed by atoms with Crippen molar-refractivity contribution in [2.75, 3.05) is 19.5 Å². The summed E-state index contributed by atoms with van der Waals surface area (Å²) in [5.74, 6) is 0.777. The highest BCUT2D eigenvalue weighted by molar-refractivity contribution is 7.98. The summed E-state index contributed by atoms with van der Waals surface area (Å²) < 4.78 is 15.6. The molecule has 1 atom stereocenters. The van der Waals surface area contributed by atoms with Crippen molar-refractivity contribution in [2.45, 2.75) is 37.1 Å². The molecule has 0 spiro atoms. The molecule has 2 amide bonds. The molecule has 37 heavy (non-hydrogen) atoms. The maximum Gasteiger partial charge on any atom is 0.303 e. The number of anilines is 1. The molecule has 0 radical (unpaired) electrons. The zero-order valence-electron chi connectivity index (χ0n) is 21.2. The molecule has 0 saturated heterocycles. The summed E-state index contributed by atoms with van der Waals surface area (Å²) in [6.07, 6.45) is -0.899. The number of hydrogen-bond donors (Lipinski definition) is 2. The third kappa shape index (κ3) is 8.01. The highest BCUT2D eigenvalue weighted by atomic mass is 32.2. The van der Waals surface area contributed by atoms with Crippen LogP contribution in [-0.4, -0.2) is 38.1 Å². The minimum atomic E-state index is -0.899. The quantitative estimate of drug-likeness (QED) is 0.275. The van der Waals surface area contributed by atoms with Gasteiger partial charge in [-0.05, 0) is 48.9 Å². The average Bonchev–Trinajstić information content (AvgIpc) is 2.90. The molecule has 0 saturated carbocycles. The first kappa shape index (κ1) is 27.6. The van der Waals surface area contributed by atoms with Crippen molar-refractivity contribution in [1.82, 2.24) is 5.32 Å². The Bertz CT molecular complexity index is 1260. The molecule has 0 bridgehead atoms. The van der Waals surface area contributed by atoms with E-state index in [1.807, 2.05) is 48.5 Å². The molecule has 0 aliphatic carbocycles. The maximum atomic E-state index is 12.8. The van der Waals surface area contributed by atoms with Crippen LogP contribution in [0.15, 0.2) is 71.6 Å². The van der Waals surface area contributed by atoms with E-state index in [4.69, 9.17) is 14.2 Å². The van der Waals surface area contributed by atoms with Crippen LogP contribution in [0, 0.1) is 0 Å². The van der Waals surface area contributed by atoms with Crippen LogP contribution in [-0.2, 0) is 26.6 Å². The lowest BCUT2D eigenvalue weighted by molar-refractivity contribution is -0.150. The standard InChI is InChI=1S/C28H30N2O6S/c1-18(36-19(2)31)27(32)30-24-10-5-6-11-26(24)37-17-20-8-7-9-21(14-20)28(33)29-16-22-12-13-23(34-3)15-25(22)35-4/h5-15,18H,16-17H2,1-4H3,(H,29,33)(H,30,32). The van der Waals surface area contributed by atoms with E-state index in [0.29, 0.717) is 35.0 Å². The summed E-state index contributed by atoms with van der Waals surface area (Å²) in [7, 11) is 3.16. The highest BCUT2D eigenvalue weighted by Crippen LogP contribution is 2.30. The van der Waals surface area contributed by atoms with Crippen LogP contribution in [0.1, 0.15) is 35.3 Å². The van der Waals surface area contributed by atoms with E-state index in [1.165, 1.54) is 25.6 Å². The predicted octanol–water partition coefficient (Wildman–Crippen LogP) is 4.82. The molecule has 2 N–H and O–H groups in total. The Labute approximate surface area is 220 Å². The van der Waals surface area contributed by atoms with Gasteiger partial charge in [0.1, 0.15) is 11.5 Å². The summed E-state index contributed by atoms with van der Waals surface area (Å²) >= 11 is 1.52. The molecular formula is C28H30N2O6S. The molecule has 0 fully saturated rings. The van der Waals surface area contributed by atoms with Gasteiger partial charge in [0.15, 0.2) is 6.10 Å². The van der Waals surface area contributed by atoms with Gasteiger partial charge in [-0.2, -0.15) is 0 Å². The van der Waals surface area contributed by atoms with Crippen LogP contribution in [0.4, 0.5) is 5.69 Å². The second kappa shape index (κ2) is 13.4. The van der Waals surface area contributed by atoms with Gasteiger partial charge in [0, 0.05) is 41.3 Å². The van der Waals surface area contributed by atoms with Gasteiger partial charge >= 0.3 is 5.97 Å². The predicted molar refractivity (Wildman–Crippen MR) is 143 cm³/mol. The second-order valence-electron chi connectivity index (χ2n) is 8.09. The van der Waals surface area contributed by atoms with Crippen molar-refractivity contribution in [3.05, 3.63) is 83.4 Å². The van der Waals surface area contributed by atoms with Crippen molar-refractivity contribution < 1.29 is 28.6 Å². The number of methoxy groups -OCH3 is 2. The average molecular weight is 523 g/mol. The Morgan fingerprint density at radius 2 is 1.73 bits per heavy atom. The molecule has 3 aromatic rings. The second-order valence-corrected chi connectivity index (χ2v) is 9.10. The molecule has 0 aliphatic rings. The minimum absolute atomic E-state index is 0.197. The zero-order chi connectivity index (χ0) is 26.8. The summed E-state index contributed by atoms with van der Waals surface area (Å²) in [6, 6.07) is 20.2. The molecule has 9 heteroatoms. The number of carbonyl (C=O) groups excluding carboxylic acids is 3. The molecule has 1 unspecified atom stereocenters. The van der Waals surface area contributed by atoms with Gasteiger partial charge in [-0.3, -0.25) is 14.4 Å². The number of ether oxygens (including phenoxy) is 3. The Kier molecular flexibility index (Phi) is 9.97. The lowest BCUT2D eigenvalue weighted by atomic mass is 10.1. The number of rotatable bonds is 11.